The van der Waals surface area contributed by atoms with E-state index in [9.17, 15) is 9.59 Å². The van der Waals surface area contributed by atoms with Gasteiger partial charge in [0.25, 0.3) is 5.91 Å². The second-order valence-electron chi connectivity index (χ2n) is 5.87. The van der Waals surface area contributed by atoms with Crippen molar-refractivity contribution >= 4 is 23.2 Å². The molecule has 1 unspecified atom stereocenters. The number of nitrogens with one attached hydrogen (secondary N) is 1. The van der Waals surface area contributed by atoms with Gasteiger partial charge in [0, 0.05) is 25.3 Å². The van der Waals surface area contributed by atoms with E-state index in [1.165, 1.54) is 17.4 Å². The van der Waals surface area contributed by atoms with Gasteiger partial charge >= 0.3 is 0 Å². The Morgan fingerprint density at radius 1 is 1.08 bits per heavy atom. The van der Waals surface area contributed by atoms with Crippen molar-refractivity contribution in [3.8, 4) is 5.75 Å². The van der Waals surface area contributed by atoms with Crippen LogP contribution in [-0.2, 0) is 16.0 Å². The minimum atomic E-state index is -0.618. The predicted molar refractivity (Wildman–Crippen MR) is 100 cm³/mol. The van der Waals surface area contributed by atoms with Gasteiger partial charge in [-0.3, -0.25) is 9.59 Å². The molecule has 2 amide bonds. The maximum Gasteiger partial charge on any atom is 0.265 e. The van der Waals surface area contributed by atoms with E-state index >= 15 is 0 Å². The lowest BCUT2D eigenvalue weighted by Crippen LogP contribution is -2.30. The molecule has 0 radical (unpaired) electrons. The van der Waals surface area contributed by atoms with Gasteiger partial charge in [0.15, 0.2) is 6.10 Å². The minimum absolute atomic E-state index is 0.0482. The highest BCUT2D eigenvalue weighted by atomic mass is 16.5. The van der Waals surface area contributed by atoms with Gasteiger partial charge in [-0.25, -0.2) is 0 Å². The Labute approximate surface area is 148 Å². The molecule has 5 nitrogen and oxygen atoms in total. The van der Waals surface area contributed by atoms with Crippen molar-refractivity contribution in [2.24, 2.45) is 0 Å². The van der Waals surface area contributed by atoms with Gasteiger partial charge in [0.2, 0.25) is 5.91 Å². The molecular weight excluding hydrogens is 316 g/mol. The molecule has 0 aliphatic heterocycles. The van der Waals surface area contributed by atoms with Crippen molar-refractivity contribution in [2.75, 3.05) is 17.3 Å². The minimum Gasteiger partial charge on any atom is -0.481 e. The third-order valence-corrected chi connectivity index (χ3v) is 4.01. The number of amides is 2. The van der Waals surface area contributed by atoms with E-state index in [4.69, 9.17) is 4.74 Å². The summed E-state index contributed by atoms with van der Waals surface area (Å²) in [5.41, 5.74) is 2.65. The molecule has 0 aliphatic carbocycles. The van der Waals surface area contributed by atoms with Crippen LogP contribution in [0.2, 0.25) is 0 Å². The number of ether oxygens (including phenoxy) is 1. The zero-order valence-electron chi connectivity index (χ0n) is 15.1. The Morgan fingerprint density at radius 2 is 1.68 bits per heavy atom. The third-order valence-electron chi connectivity index (χ3n) is 4.01. The van der Waals surface area contributed by atoms with Crippen LogP contribution in [0, 0.1) is 0 Å². The van der Waals surface area contributed by atoms with Crippen molar-refractivity contribution in [1.82, 2.24) is 0 Å². The van der Waals surface area contributed by atoms with Crippen molar-refractivity contribution in [3.05, 3.63) is 54.1 Å². The highest BCUT2D eigenvalue weighted by Gasteiger charge is 2.15. The normalized spacial score (nSPS) is 11.5. The first-order valence-electron chi connectivity index (χ1n) is 8.31. The summed E-state index contributed by atoms with van der Waals surface area (Å²) >= 11 is 0. The van der Waals surface area contributed by atoms with Gasteiger partial charge in [-0.15, -0.1) is 0 Å². The van der Waals surface area contributed by atoms with Gasteiger partial charge < -0.3 is 15.0 Å². The molecule has 0 aromatic heterocycles. The second-order valence-corrected chi connectivity index (χ2v) is 5.87. The average molecular weight is 340 g/mol. The van der Waals surface area contributed by atoms with Crippen LogP contribution in [0.1, 0.15) is 26.3 Å². The van der Waals surface area contributed by atoms with Crippen LogP contribution in [-0.4, -0.2) is 25.0 Å². The average Bonchev–Trinajstić information content (AvgIpc) is 2.62. The lowest BCUT2D eigenvalue weighted by Gasteiger charge is -2.17. The highest BCUT2D eigenvalue weighted by Crippen LogP contribution is 2.18. The summed E-state index contributed by atoms with van der Waals surface area (Å²) in [7, 11) is 1.70. The lowest BCUT2D eigenvalue weighted by atomic mass is 10.2. The predicted octanol–water partition coefficient (Wildman–Crippen LogP) is 3.64. The molecule has 25 heavy (non-hydrogen) atoms. The fourth-order valence-corrected chi connectivity index (χ4v) is 2.26. The van der Waals surface area contributed by atoms with Crippen LogP contribution >= 0.6 is 0 Å². The van der Waals surface area contributed by atoms with Crippen LogP contribution in [0.4, 0.5) is 11.4 Å². The van der Waals surface area contributed by atoms with Crippen molar-refractivity contribution in [1.29, 1.82) is 0 Å². The molecule has 0 saturated carbocycles. The zero-order valence-corrected chi connectivity index (χ0v) is 15.1. The number of anilines is 2. The lowest BCUT2D eigenvalue weighted by molar-refractivity contribution is -0.122. The van der Waals surface area contributed by atoms with Crippen LogP contribution in [0.5, 0.6) is 5.75 Å². The molecule has 0 fully saturated rings. The molecule has 2 aromatic carbocycles. The molecule has 0 saturated heterocycles. The third kappa shape index (κ3) is 5.08. The number of aryl methyl sites for hydroxylation is 1. The summed E-state index contributed by atoms with van der Waals surface area (Å²) in [5.74, 6) is 0.387. The fraction of sp³-hybridized carbons (Fsp3) is 0.300. The molecule has 132 valence electrons. The maximum absolute atomic E-state index is 12.3. The van der Waals surface area contributed by atoms with Gasteiger partial charge in [-0.2, -0.15) is 0 Å². The molecule has 1 atom stereocenters. The summed E-state index contributed by atoms with van der Waals surface area (Å²) in [6.45, 7) is 5.30. The Balaban J connectivity index is 1.94. The number of carbonyl (C=O) groups is 2. The van der Waals surface area contributed by atoms with Crippen molar-refractivity contribution < 1.29 is 14.3 Å². The van der Waals surface area contributed by atoms with Crippen LogP contribution in [0.3, 0.4) is 0 Å². The quantitative estimate of drug-likeness (QED) is 0.873. The largest absolute Gasteiger partial charge is 0.481 e. The van der Waals surface area contributed by atoms with Gasteiger partial charge in [0.1, 0.15) is 5.75 Å². The summed E-state index contributed by atoms with van der Waals surface area (Å²) < 4.78 is 5.68. The number of benzene rings is 2. The summed E-state index contributed by atoms with van der Waals surface area (Å²) in [4.78, 5) is 25.2. The molecule has 2 aromatic rings. The number of hydrogen-bond acceptors (Lipinski definition) is 3. The van der Waals surface area contributed by atoms with Crippen molar-refractivity contribution in [2.45, 2.75) is 33.3 Å². The molecule has 0 aliphatic rings. The first kappa shape index (κ1) is 18.5. The van der Waals surface area contributed by atoms with Crippen molar-refractivity contribution in [3.63, 3.8) is 0 Å². The highest BCUT2D eigenvalue weighted by molar-refractivity contribution is 5.95. The van der Waals surface area contributed by atoms with Crippen LogP contribution in [0.15, 0.2) is 48.5 Å². The van der Waals surface area contributed by atoms with Crippen LogP contribution < -0.4 is 15.0 Å². The van der Waals surface area contributed by atoms with Gasteiger partial charge in [-0.1, -0.05) is 19.1 Å². The molecule has 1 N–H and O–H groups in total. The van der Waals surface area contributed by atoms with E-state index in [1.807, 2.05) is 24.3 Å². The zero-order chi connectivity index (χ0) is 18.4. The molecule has 0 heterocycles. The molecule has 0 spiro atoms. The number of nitrogens with zero attached hydrogens (tertiary/aromatic N) is 1. The maximum atomic E-state index is 12.3. The first-order valence-corrected chi connectivity index (χ1v) is 8.31. The Hall–Kier alpha value is -2.82. The molecule has 5 heteroatoms. The Kier molecular flexibility index (Phi) is 6.17. The van der Waals surface area contributed by atoms with E-state index < -0.39 is 6.10 Å². The van der Waals surface area contributed by atoms with E-state index in [0.717, 1.165) is 12.1 Å². The summed E-state index contributed by atoms with van der Waals surface area (Å²) in [6, 6.07) is 14.8. The monoisotopic (exact) mass is 340 g/mol. The summed E-state index contributed by atoms with van der Waals surface area (Å²) in [5, 5.41) is 2.81. The number of rotatable bonds is 6. The van der Waals surface area contributed by atoms with Gasteiger partial charge in [0.05, 0.1) is 0 Å². The van der Waals surface area contributed by atoms with E-state index in [1.54, 1.807) is 38.2 Å². The fourth-order valence-electron chi connectivity index (χ4n) is 2.26. The van der Waals surface area contributed by atoms with E-state index in [-0.39, 0.29) is 11.8 Å². The number of carbonyl (C=O) groups excluding carboxylic acids is 2. The summed E-state index contributed by atoms with van der Waals surface area (Å²) in [6.07, 6.45) is 0.345. The molecule has 2 rings (SSSR count). The smallest absolute Gasteiger partial charge is 0.265 e. The number of hydrogen-bond donors (Lipinski definition) is 1. The SMILES string of the molecule is CCc1ccc(OC(C)C(=O)Nc2ccc(N(C)C(C)=O)cc2)cc1. The van der Waals surface area contributed by atoms with Gasteiger partial charge in [-0.05, 0) is 55.3 Å². The van der Waals surface area contributed by atoms with Crippen LogP contribution in [0.25, 0.3) is 0 Å². The molecular formula is C20H24N2O3. The first-order chi connectivity index (χ1) is 11.9. The standard InChI is InChI=1S/C20H24N2O3/c1-5-16-6-12-19(13-7-16)25-14(2)20(24)21-17-8-10-18(11-9-17)22(4)15(3)23/h6-14H,5H2,1-4H3,(H,21,24). The Morgan fingerprint density at radius 3 is 2.20 bits per heavy atom. The molecule has 0 bridgehead atoms. The Bertz CT molecular complexity index is 724. The van der Waals surface area contributed by atoms with E-state index in [0.29, 0.717) is 11.4 Å². The van der Waals surface area contributed by atoms with E-state index in [2.05, 4.69) is 12.2 Å². The second kappa shape index (κ2) is 8.33. The topological polar surface area (TPSA) is 58.6 Å².